The number of guanidine groups is 1. The van der Waals surface area contributed by atoms with Gasteiger partial charge in [-0.05, 0) is 49.1 Å². The van der Waals surface area contributed by atoms with E-state index in [1.165, 1.54) is 24.0 Å². The minimum atomic E-state index is -3.52. The molecule has 0 radical (unpaired) electrons. The Kier molecular flexibility index (Phi) is 7.06. The molecule has 2 N–H and O–H groups in total. The minimum Gasteiger partial charge on any atom is -0.357 e. The fourth-order valence-electron chi connectivity index (χ4n) is 3.38. The lowest BCUT2D eigenvalue weighted by molar-refractivity contribution is 0.519. The molecule has 1 fully saturated rings. The Morgan fingerprint density at radius 2 is 1.87 bits per heavy atom. The molecule has 30 heavy (non-hydrogen) atoms. The van der Waals surface area contributed by atoms with E-state index in [0.29, 0.717) is 18.1 Å². The number of aliphatic imine (C=N–C) groups is 1. The third-order valence-electron chi connectivity index (χ3n) is 5.37. The molecule has 0 spiro atoms. The van der Waals surface area contributed by atoms with Crippen molar-refractivity contribution in [2.45, 2.75) is 36.6 Å². The van der Waals surface area contributed by atoms with Gasteiger partial charge in [0, 0.05) is 37.6 Å². The van der Waals surface area contributed by atoms with E-state index in [-0.39, 0.29) is 16.9 Å². The molecule has 0 bridgehead atoms. The highest BCUT2D eigenvalue weighted by molar-refractivity contribution is 7.89. The Balaban J connectivity index is 1.75. The summed E-state index contributed by atoms with van der Waals surface area (Å²) in [7, 11) is -0.455. The number of benzene rings is 2. The number of hydrogen-bond acceptors (Lipinski definition) is 3. The molecule has 2 aromatic rings. The zero-order chi connectivity index (χ0) is 21.8. The van der Waals surface area contributed by atoms with Crippen molar-refractivity contribution >= 4 is 27.6 Å². The van der Waals surface area contributed by atoms with Crippen molar-refractivity contribution in [3.8, 4) is 0 Å². The Bertz CT molecular complexity index is 1020. The van der Waals surface area contributed by atoms with Gasteiger partial charge in [0.15, 0.2) is 5.96 Å². The highest BCUT2D eigenvalue weighted by atomic mass is 35.5. The third-order valence-corrected chi connectivity index (χ3v) is 7.52. The summed E-state index contributed by atoms with van der Waals surface area (Å²) in [5, 5.41) is 7.43. The van der Waals surface area contributed by atoms with Crippen molar-refractivity contribution in [3.63, 3.8) is 0 Å². The smallest absolute Gasteiger partial charge is 0.242 e. The first-order valence-electron chi connectivity index (χ1n) is 10.1. The van der Waals surface area contributed by atoms with Gasteiger partial charge in [-0.25, -0.2) is 17.7 Å². The molecule has 8 heteroatoms. The largest absolute Gasteiger partial charge is 0.357 e. The van der Waals surface area contributed by atoms with E-state index in [4.69, 9.17) is 11.6 Å². The topological polar surface area (TPSA) is 73.8 Å². The Morgan fingerprint density at radius 3 is 2.50 bits per heavy atom. The first-order chi connectivity index (χ1) is 14.3. The summed E-state index contributed by atoms with van der Waals surface area (Å²) in [6, 6.07) is 15.0. The Hall–Kier alpha value is -2.09. The van der Waals surface area contributed by atoms with Gasteiger partial charge in [-0.3, -0.25) is 0 Å². The maximum Gasteiger partial charge on any atom is 0.242 e. The number of nitrogens with zero attached hydrogens (tertiary/aromatic N) is 2. The summed E-state index contributed by atoms with van der Waals surface area (Å²) in [6.45, 7) is 3.73. The van der Waals surface area contributed by atoms with Gasteiger partial charge in [-0.15, -0.1) is 0 Å². The molecule has 3 rings (SSSR count). The molecule has 1 aliphatic carbocycles. The summed E-state index contributed by atoms with van der Waals surface area (Å²) < 4.78 is 26.4. The number of sulfonamides is 1. The van der Waals surface area contributed by atoms with E-state index in [1.807, 2.05) is 31.2 Å². The second-order valence-corrected chi connectivity index (χ2v) is 10.3. The lowest BCUT2D eigenvalue weighted by Crippen LogP contribution is -2.41. The lowest BCUT2D eigenvalue weighted by Gasteiger charge is -2.19. The van der Waals surface area contributed by atoms with Crippen molar-refractivity contribution in [1.29, 1.82) is 0 Å². The number of nitrogens with one attached hydrogen (secondary N) is 2. The molecule has 2 aromatic carbocycles. The first kappa shape index (κ1) is 22.6. The molecular formula is C22H29ClN4O2S. The van der Waals surface area contributed by atoms with Gasteiger partial charge < -0.3 is 10.6 Å². The van der Waals surface area contributed by atoms with Crippen LogP contribution in [0.2, 0.25) is 5.02 Å². The predicted octanol–water partition coefficient (Wildman–Crippen LogP) is 3.38. The van der Waals surface area contributed by atoms with Crippen LogP contribution in [0.5, 0.6) is 0 Å². The van der Waals surface area contributed by atoms with Crippen LogP contribution in [-0.2, 0) is 22.0 Å². The molecule has 0 saturated heterocycles. The van der Waals surface area contributed by atoms with E-state index in [2.05, 4.69) is 21.7 Å². The van der Waals surface area contributed by atoms with Gasteiger partial charge in [0.2, 0.25) is 10.0 Å². The monoisotopic (exact) mass is 448 g/mol. The number of hydrogen-bond donors (Lipinski definition) is 2. The maximum atomic E-state index is 12.6. The van der Waals surface area contributed by atoms with Crippen LogP contribution in [0.25, 0.3) is 0 Å². The molecule has 0 heterocycles. The Morgan fingerprint density at radius 1 is 1.13 bits per heavy atom. The van der Waals surface area contributed by atoms with Crippen molar-refractivity contribution in [2.75, 3.05) is 27.2 Å². The van der Waals surface area contributed by atoms with Crippen LogP contribution in [0.1, 0.15) is 30.9 Å². The second-order valence-electron chi connectivity index (χ2n) is 7.73. The fourth-order valence-corrected chi connectivity index (χ4v) is 4.68. The van der Waals surface area contributed by atoms with Crippen LogP contribution < -0.4 is 10.6 Å². The molecule has 1 saturated carbocycles. The van der Waals surface area contributed by atoms with Crippen LogP contribution in [0.4, 0.5) is 0 Å². The van der Waals surface area contributed by atoms with E-state index in [1.54, 1.807) is 18.2 Å². The van der Waals surface area contributed by atoms with Crippen LogP contribution >= 0.6 is 11.6 Å². The molecule has 0 amide bonds. The van der Waals surface area contributed by atoms with E-state index in [0.717, 1.165) is 24.4 Å². The van der Waals surface area contributed by atoms with Gasteiger partial charge >= 0.3 is 0 Å². The summed E-state index contributed by atoms with van der Waals surface area (Å²) in [4.78, 5) is 4.93. The zero-order valence-corrected chi connectivity index (χ0v) is 19.2. The highest BCUT2D eigenvalue weighted by Gasteiger charge is 2.44. The summed E-state index contributed by atoms with van der Waals surface area (Å²) >= 11 is 6.17. The van der Waals surface area contributed by atoms with Crippen molar-refractivity contribution in [3.05, 3.63) is 64.7 Å². The summed E-state index contributed by atoms with van der Waals surface area (Å²) in [6.07, 6.45) is 2.20. The van der Waals surface area contributed by atoms with E-state index >= 15 is 0 Å². The van der Waals surface area contributed by atoms with Crippen LogP contribution in [0.3, 0.4) is 0 Å². The normalized spacial score (nSPS) is 15.8. The van der Waals surface area contributed by atoms with E-state index in [9.17, 15) is 8.42 Å². The predicted molar refractivity (Wildman–Crippen MR) is 122 cm³/mol. The standard InChI is InChI=1S/C22H29ClN4O2S/c1-4-24-21(26-16-22(12-13-22)18-9-7-10-19(23)14-18)25-15-17-8-5-6-11-20(17)30(28,29)27(2)3/h5-11,14H,4,12-13,15-16H2,1-3H3,(H2,24,25,26). The minimum absolute atomic E-state index is 0.0766. The van der Waals surface area contributed by atoms with Gasteiger partial charge in [0.05, 0.1) is 11.4 Å². The van der Waals surface area contributed by atoms with Gasteiger partial charge in [0.1, 0.15) is 0 Å². The molecule has 162 valence electrons. The van der Waals surface area contributed by atoms with Gasteiger partial charge in [-0.2, -0.15) is 0 Å². The number of halogens is 1. The average Bonchev–Trinajstić information content (AvgIpc) is 3.51. The average molecular weight is 449 g/mol. The summed E-state index contributed by atoms with van der Waals surface area (Å²) in [5.41, 5.74) is 1.98. The molecule has 0 aliphatic heterocycles. The lowest BCUT2D eigenvalue weighted by atomic mass is 9.96. The zero-order valence-electron chi connectivity index (χ0n) is 17.7. The van der Waals surface area contributed by atoms with Gasteiger partial charge in [-0.1, -0.05) is 41.9 Å². The second kappa shape index (κ2) is 9.37. The highest BCUT2D eigenvalue weighted by Crippen LogP contribution is 2.48. The molecule has 0 aromatic heterocycles. The molecular weight excluding hydrogens is 420 g/mol. The maximum absolute atomic E-state index is 12.6. The fraction of sp³-hybridized carbons (Fsp3) is 0.409. The first-order valence-corrected chi connectivity index (χ1v) is 11.9. The van der Waals surface area contributed by atoms with Crippen molar-refractivity contribution in [1.82, 2.24) is 14.9 Å². The molecule has 0 atom stereocenters. The Labute approximate surface area is 184 Å². The van der Waals surface area contributed by atoms with Crippen LogP contribution in [0, 0.1) is 0 Å². The van der Waals surface area contributed by atoms with Crippen LogP contribution in [-0.4, -0.2) is 45.9 Å². The molecule has 1 aliphatic rings. The third kappa shape index (κ3) is 5.14. The molecule has 6 nitrogen and oxygen atoms in total. The van der Waals surface area contributed by atoms with Crippen molar-refractivity contribution in [2.24, 2.45) is 4.99 Å². The molecule has 0 unspecified atom stereocenters. The van der Waals surface area contributed by atoms with Crippen LogP contribution in [0.15, 0.2) is 58.4 Å². The van der Waals surface area contributed by atoms with Gasteiger partial charge in [0.25, 0.3) is 0 Å². The number of rotatable bonds is 8. The van der Waals surface area contributed by atoms with Crippen molar-refractivity contribution < 1.29 is 8.42 Å². The van der Waals surface area contributed by atoms with E-state index < -0.39 is 10.0 Å². The quantitative estimate of drug-likeness (QED) is 0.479. The SMILES string of the molecule is CCNC(=NCc1ccccc1S(=O)(=O)N(C)C)NCC1(c2cccc(Cl)c2)CC1. The summed E-state index contributed by atoms with van der Waals surface area (Å²) in [5.74, 6) is 0.669.